The lowest BCUT2D eigenvalue weighted by Gasteiger charge is -2.42. The van der Waals surface area contributed by atoms with Crippen molar-refractivity contribution in [1.29, 1.82) is 0 Å². The highest BCUT2D eigenvalue weighted by Gasteiger charge is 2.37. The van der Waals surface area contributed by atoms with E-state index in [1.165, 1.54) is 19.2 Å². The van der Waals surface area contributed by atoms with Crippen LogP contribution >= 0.6 is 0 Å². The number of benzene rings is 1. The molecule has 2 aliphatic heterocycles. The van der Waals surface area contributed by atoms with E-state index in [1.807, 2.05) is 4.90 Å². The molecule has 2 saturated heterocycles. The Morgan fingerprint density at radius 1 is 1.20 bits per heavy atom. The molecule has 0 aliphatic carbocycles. The van der Waals surface area contributed by atoms with Crippen molar-refractivity contribution in [3.63, 3.8) is 0 Å². The number of amides is 2. The number of hydrogen-bond acceptors (Lipinski definition) is 3. The molecule has 25 heavy (non-hydrogen) atoms. The predicted molar refractivity (Wildman–Crippen MR) is 92.0 cm³/mol. The lowest BCUT2D eigenvalue weighted by Crippen LogP contribution is -2.53. The van der Waals surface area contributed by atoms with Crippen LogP contribution in [0.1, 0.15) is 43.0 Å². The zero-order chi connectivity index (χ0) is 18.0. The molecular weight excluding hydrogens is 323 g/mol. The number of nitrogens with zero attached hydrogens (tertiary/aromatic N) is 2. The standard InChI is InChI=1S/C19H25FN2O3/c1-13(23)22-9-4-3-5-15-12-21(10-8-17(15)22)19(24)14-6-7-18(25-2)16(20)11-14/h6-7,11,15,17H,3-5,8-10,12H2,1-2H3/t15-,17-/m1/s1. The van der Waals surface area contributed by atoms with Gasteiger partial charge < -0.3 is 14.5 Å². The molecule has 1 aromatic rings. The van der Waals surface area contributed by atoms with Gasteiger partial charge in [-0.2, -0.15) is 0 Å². The van der Waals surface area contributed by atoms with Crippen molar-refractivity contribution >= 4 is 11.8 Å². The molecule has 2 fully saturated rings. The summed E-state index contributed by atoms with van der Waals surface area (Å²) in [5, 5.41) is 0. The lowest BCUT2D eigenvalue weighted by molar-refractivity contribution is -0.132. The average Bonchev–Trinajstić information content (AvgIpc) is 2.82. The van der Waals surface area contributed by atoms with Gasteiger partial charge in [-0.3, -0.25) is 9.59 Å². The quantitative estimate of drug-likeness (QED) is 0.826. The molecule has 1 aromatic carbocycles. The number of carbonyl (C=O) groups excluding carboxylic acids is 2. The number of methoxy groups -OCH3 is 1. The molecule has 0 bridgehead atoms. The topological polar surface area (TPSA) is 49.9 Å². The van der Waals surface area contributed by atoms with Gasteiger partial charge in [0.2, 0.25) is 5.91 Å². The Hall–Kier alpha value is -2.11. The summed E-state index contributed by atoms with van der Waals surface area (Å²) in [7, 11) is 1.40. The van der Waals surface area contributed by atoms with Gasteiger partial charge in [0.05, 0.1) is 7.11 Å². The van der Waals surface area contributed by atoms with E-state index in [0.717, 1.165) is 32.2 Å². The Morgan fingerprint density at radius 2 is 2.00 bits per heavy atom. The molecule has 2 amide bonds. The highest BCUT2D eigenvalue weighted by atomic mass is 19.1. The Bertz CT molecular complexity index is 664. The third kappa shape index (κ3) is 3.62. The summed E-state index contributed by atoms with van der Waals surface area (Å²) < 4.78 is 18.8. The number of fused-ring (bicyclic) bond motifs is 1. The fourth-order valence-corrected chi connectivity index (χ4v) is 4.13. The zero-order valence-corrected chi connectivity index (χ0v) is 14.8. The van der Waals surface area contributed by atoms with E-state index in [1.54, 1.807) is 17.9 Å². The highest BCUT2D eigenvalue weighted by molar-refractivity contribution is 5.94. The smallest absolute Gasteiger partial charge is 0.253 e. The van der Waals surface area contributed by atoms with E-state index in [-0.39, 0.29) is 23.6 Å². The van der Waals surface area contributed by atoms with E-state index in [0.29, 0.717) is 24.6 Å². The van der Waals surface area contributed by atoms with Crippen molar-refractivity contribution in [1.82, 2.24) is 9.80 Å². The Morgan fingerprint density at radius 3 is 2.68 bits per heavy atom. The average molecular weight is 348 g/mol. The molecule has 0 aromatic heterocycles. The number of hydrogen-bond donors (Lipinski definition) is 0. The first-order chi connectivity index (χ1) is 12.0. The van der Waals surface area contributed by atoms with Crippen molar-refractivity contribution < 1.29 is 18.7 Å². The van der Waals surface area contributed by atoms with E-state index in [4.69, 9.17) is 4.74 Å². The molecule has 0 saturated carbocycles. The van der Waals surface area contributed by atoms with Crippen LogP contribution in [0.2, 0.25) is 0 Å². The molecule has 3 rings (SSSR count). The molecule has 0 radical (unpaired) electrons. The molecule has 5 nitrogen and oxygen atoms in total. The Kier molecular flexibility index (Phi) is 5.25. The van der Waals surface area contributed by atoms with Crippen LogP contribution in [0.15, 0.2) is 18.2 Å². The monoisotopic (exact) mass is 348 g/mol. The van der Waals surface area contributed by atoms with Gasteiger partial charge in [-0.15, -0.1) is 0 Å². The van der Waals surface area contributed by atoms with Crippen LogP contribution in [-0.4, -0.2) is 54.4 Å². The van der Waals surface area contributed by atoms with Crippen LogP contribution in [0.3, 0.4) is 0 Å². The number of ether oxygens (including phenoxy) is 1. The first-order valence-corrected chi connectivity index (χ1v) is 8.91. The SMILES string of the molecule is COc1ccc(C(=O)N2CC[C@@H]3[C@H](CCCCN3C(C)=O)C2)cc1F. The second-order valence-electron chi connectivity index (χ2n) is 6.92. The van der Waals surface area contributed by atoms with Crippen LogP contribution < -0.4 is 4.74 Å². The fourth-order valence-electron chi connectivity index (χ4n) is 4.13. The molecule has 2 aliphatic rings. The molecule has 2 heterocycles. The number of rotatable bonds is 2. The summed E-state index contributed by atoms with van der Waals surface area (Å²) >= 11 is 0. The lowest BCUT2D eigenvalue weighted by atomic mass is 9.88. The molecule has 0 unspecified atom stereocenters. The largest absolute Gasteiger partial charge is 0.494 e. The summed E-state index contributed by atoms with van der Waals surface area (Å²) in [6.45, 7) is 3.66. The highest BCUT2D eigenvalue weighted by Crippen LogP contribution is 2.31. The van der Waals surface area contributed by atoms with E-state index < -0.39 is 5.82 Å². The molecular formula is C19H25FN2O3. The zero-order valence-electron chi connectivity index (χ0n) is 14.8. The third-order valence-electron chi connectivity index (χ3n) is 5.41. The van der Waals surface area contributed by atoms with E-state index >= 15 is 0 Å². The molecule has 6 heteroatoms. The second kappa shape index (κ2) is 7.42. The summed E-state index contributed by atoms with van der Waals surface area (Å²) in [4.78, 5) is 28.5. The third-order valence-corrected chi connectivity index (χ3v) is 5.41. The van der Waals surface area contributed by atoms with Gasteiger partial charge in [-0.25, -0.2) is 4.39 Å². The minimum absolute atomic E-state index is 0.119. The van der Waals surface area contributed by atoms with E-state index in [2.05, 4.69) is 0 Å². The van der Waals surface area contributed by atoms with Crippen LogP contribution in [0, 0.1) is 11.7 Å². The summed E-state index contributed by atoms with van der Waals surface area (Å²) in [6.07, 6.45) is 3.90. The number of halogens is 1. The minimum Gasteiger partial charge on any atom is -0.494 e. The summed E-state index contributed by atoms with van der Waals surface area (Å²) in [5.74, 6) is -0.128. The van der Waals surface area contributed by atoms with Crippen LogP contribution in [0.25, 0.3) is 0 Å². The van der Waals surface area contributed by atoms with Gasteiger partial charge in [-0.1, -0.05) is 6.42 Å². The Labute approximate surface area is 147 Å². The van der Waals surface area contributed by atoms with Gasteiger partial charge >= 0.3 is 0 Å². The summed E-state index contributed by atoms with van der Waals surface area (Å²) in [5.41, 5.74) is 0.341. The van der Waals surface area contributed by atoms with Gasteiger partial charge in [0.1, 0.15) is 0 Å². The molecule has 136 valence electrons. The number of carbonyl (C=O) groups is 2. The van der Waals surface area contributed by atoms with Crippen LogP contribution in [0.4, 0.5) is 4.39 Å². The Balaban J connectivity index is 1.74. The summed E-state index contributed by atoms with van der Waals surface area (Å²) in [6, 6.07) is 4.54. The van der Waals surface area contributed by atoms with Crippen LogP contribution in [0.5, 0.6) is 5.75 Å². The maximum atomic E-state index is 13.9. The van der Waals surface area contributed by atoms with Gasteiger partial charge in [0, 0.05) is 38.2 Å². The van der Waals surface area contributed by atoms with Crippen molar-refractivity contribution in [2.24, 2.45) is 5.92 Å². The van der Waals surface area contributed by atoms with Gasteiger partial charge in [-0.05, 0) is 43.4 Å². The first kappa shape index (κ1) is 17.7. The number of piperidine rings is 1. The van der Waals surface area contributed by atoms with Crippen molar-refractivity contribution in [3.8, 4) is 5.75 Å². The second-order valence-corrected chi connectivity index (χ2v) is 6.92. The van der Waals surface area contributed by atoms with Crippen molar-refractivity contribution in [3.05, 3.63) is 29.6 Å². The maximum Gasteiger partial charge on any atom is 0.253 e. The minimum atomic E-state index is -0.527. The first-order valence-electron chi connectivity index (χ1n) is 8.91. The van der Waals surface area contributed by atoms with Gasteiger partial charge in [0.25, 0.3) is 5.91 Å². The predicted octanol–water partition coefficient (Wildman–Crippen LogP) is 2.70. The van der Waals surface area contributed by atoms with E-state index in [9.17, 15) is 14.0 Å². The molecule has 2 atom stereocenters. The van der Waals surface area contributed by atoms with Crippen LogP contribution in [-0.2, 0) is 4.79 Å². The van der Waals surface area contributed by atoms with Crippen molar-refractivity contribution in [2.75, 3.05) is 26.7 Å². The van der Waals surface area contributed by atoms with Gasteiger partial charge in [0.15, 0.2) is 11.6 Å². The maximum absolute atomic E-state index is 13.9. The van der Waals surface area contributed by atoms with Crippen molar-refractivity contribution in [2.45, 2.75) is 38.6 Å². The molecule has 0 N–H and O–H groups in total. The normalized spacial score (nSPS) is 23.6. The molecule has 0 spiro atoms. The number of likely N-dealkylation sites (tertiary alicyclic amines) is 2. The fraction of sp³-hybridized carbons (Fsp3) is 0.579.